The lowest BCUT2D eigenvalue weighted by Crippen LogP contribution is -2.27. The van der Waals surface area contributed by atoms with Crippen molar-refractivity contribution in [2.45, 2.75) is 59.7 Å². The van der Waals surface area contributed by atoms with Gasteiger partial charge in [0.1, 0.15) is 6.10 Å². The van der Waals surface area contributed by atoms with Crippen molar-refractivity contribution in [3.8, 4) is 11.1 Å². The molecule has 1 unspecified atom stereocenters. The summed E-state index contributed by atoms with van der Waals surface area (Å²) in [6, 6.07) is 16.2. The van der Waals surface area contributed by atoms with E-state index in [0.717, 1.165) is 34.1 Å². The lowest BCUT2D eigenvalue weighted by molar-refractivity contribution is -0.138. The molecule has 0 aliphatic rings. The number of carbonyl (C=O) groups is 1. The number of ketones is 1. The van der Waals surface area contributed by atoms with Gasteiger partial charge in [-0.2, -0.15) is 0 Å². The normalized spacial score (nSPS) is 12.9. The molecule has 3 heteroatoms. The van der Waals surface area contributed by atoms with E-state index in [0.29, 0.717) is 5.02 Å². The molecule has 152 valence electrons. The molecule has 29 heavy (non-hydrogen) atoms. The Morgan fingerprint density at radius 1 is 1.03 bits per heavy atom. The van der Waals surface area contributed by atoms with Gasteiger partial charge in [0.2, 0.25) is 0 Å². The zero-order valence-electron chi connectivity index (χ0n) is 18.1. The molecule has 1 atom stereocenters. The number of rotatable bonds is 5. The Morgan fingerprint density at radius 3 is 2.14 bits per heavy atom. The van der Waals surface area contributed by atoms with Gasteiger partial charge in [-0.15, -0.1) is 0 Å². The number of Topliss-reactive ketones (excluding diaryl/α,β-unsaturated/α-hetero) is 1. The van der Waals surface area contributed by atoms with Crippen LogP contribution in [0.3, 0.4) is 0 Å². The summed E-state index contributed by atoms with van der Waals surface area (Å²) < 4.78 is 6.32. The number of carbonyl (C=O) groups excluding carboxylic acids is 1. The van der Waals surface area contributed by atoms with Crippen LogP contribution in [0.15, 0.2) is 48.5 Å². The van der Waals surface area contributed by atoms with Crippen molar-refractivity contribution in [3.63, 3.8) is 0 Å². The minimum Gasteiger partial charge on any atom is -0.360 e. The monoisotopic (exact) mass is 408 g/mol. The highest BCUT2D eigenvalue weighted by atomic mass is 35.5. The van der Waals surface area contributed by atoms with Crippen molar-refractivity contribution in [2.24, 2.45) is 0 Å². The van der Waals surface area contributed by atoms with Crippen LogP contribution in [0.1, 0.15) is 57.4 Å². The number of hydrogen-bond donors (Lipinski definition) is 0. The summed E-state index contributed by atoms with van der Waals surface area (Å²) in [7, 11) is 0. The highest BCUT2D eigenvalue weighted by molar-refractivity contribution is 6.30. The number of hydrogen-bond acceptors (Lipinski definition) is 2. The molecule has 0 aromatic heterocycles. The van der Waals surface area contributed by atoms with Crippen molar-refractivity contribution >= 4 is 28.2 Å². The molecule has 2 nitrogen and oxygen atoms in total. The van der Waals surface area contributed by atoms with E-state index in [9.17, 15) is 4.79 Å². The highest BCUT2D eigenvalue weighted by Gasteiger charge is 2.30. The van der Waals surface area contributed by atoms with Gasteiger partial charge in [0.15, 0.2) is 5.78 Å². The molecule has 0 radical (unpaired) electrons. The first-order valence-corrected chi connectivity index (χ1v) is 10.5. The molecule has 0 aliphatic carbocycles. The fourth-order valence-corrected chi connectivity index (χ4v) is 4.20. The molecule has 0 spiro atoms. The van der Waals surface area contributed by atoms with Crippen LogP contribution in [0.4, 0.5) is 0 Å². The van der Waals surface area contributed by atoms with Crippen LogP contribution in [0.5, 0.6) is 0 Å². The van der Waals surface area contributed by atoms with Crippen LogP contribution >= 0.6 is 11.6 Å². The Kier molecular flexibility index (Phi) is 6.16. The van der Waals surface area contributed by atoms with Crippen LogP contribution in [0.2, 0.25) is 5.02 Å². The van der Waals surface area contributed by atoms with Gasteiger partial charge in [0.05, 0.1) is 5.60 Å². The summed E-state index contributed by atoms with van der Waals surface area (Å²) in [6.07, 6.45) is 0.260. The smallest absolute Gasteiger partial charge is 0.163 e. The average molecular weight is 409 g/mol. The molecule has 3 aromatic carbocycles. The highest BCUT2D eigenvalue weighted by Crippen LogP contribution is 2.43. The minimum atomic E-state index is -0.629. The van der Waals surface area contributed by atoms with E-state index in [4.69, 9.17) is 16.3 Å². The predicted octanol–water partition coefficient (Wildman–Crippen LogP) is 7.48. The SMILES string of the molecule is CCc1c(C)c(C(OC(C)(C)C)C(C)=O)c(-c2ccc(Cl)cc2)c2ccccc12. The van der Waals surface area contributed by atoms with E-state index in [1.165, 1.54) is 10.9 Å². The van der Waals surface area contributed by atoms with Gasteiger partial charge in [-0.1, -0.05) is 54.9 Å². The number of benzene rings is 3. The third-order valence-corrected chi connectivity index (χ3v) is 5.49. The van der Waals surface area contributed by atoms with Crippen molar-refractivity contribution in [1.82, 2.24) is 0 Å². The Bertz CT molecular complexity index is 1040. The maximum Gasteiger partial charge on any atom is 0.163 e. The van der Waals surface area contributed by atoms with E-state index < -0.39 is 11.7 Å². The van der Waals surface area contributed by atoms with E-state index in [-0.39, 0.29) is 5.78 Å². The van der Waals surface area contributed by atoms with E-state index in [2.05, 4.69) is 32.0 Å². The Morgan fingerprint density at radius 2 is 1.62 bits per heavy atom. The third kappa shape index (κ3) is 4.39. The van der Waals surface area contributed by atoms with Crippen LogP contribution in [0, 0.1) is 6.92 Å². The van der Waals surface area contributed by atoms with Gasteiger partial charge in [0.25, 0.3) is 0 Å². The molecular weight excluding hydrogens is 380 g/mol. The quantitative estimate of drug-likeness (QED) is 0.437. The van der Waals surface area contributed by atoms with Crippen LogP contribution in [-0.4, -0.2) is 11.4 Å². The van der Waals surface area contributed by atoms with E-state index >= 15 is 0 Å². The summed E-state index contributed by atoms with van der Waals surface area (Å²) in [4.78, 5) is 12.8. The third-order valence-electron chi connectivity index (χ3n) is 5.24. The number of aryl methyl sites for hydroxylation is 1. The van der Waals surface area contributed by atoms with Crippen molar-refractivity contribution < 1.29 is 9.53 Å². The second-order valence-corrected chi connectivity index (χ2v) is 8.96. The van der Waals surface area contributed by atoms with E-state index in [1.807, 2.05) is 51.1 Å². The molecule has 0 N–H and O–H groups in total. The molecule has 0 saturated heterocycles. The lowest BCUT2D eigenvalue weighted by atomic mass is 9.82. The standard InChI is InChI=1S/C26H29ClO2/c1-7-20-16(2)23(25(17(3)28)29-26(4,5)6)24(18-12-14-19(27)15-13-18)22-11-9-8-10-21(20)22/h8-15,25H,7H2,1-6H3. The van der Waals surface area contributed by atoms with Gasteiger partial charge in [-0.3, -0.25) is 4.79 Å². The number of halogens is 1. The first-order valence-electron chi connectivity index (χ1n) is 10.1. The Hall–Kier alpha value is -2.16. The van der Waals surface area contributed by atoms with Crippen LogP contribution in [0.25, 0.3) is 21.9 Å². The molecule has 0 bridgehead atoms. The van der Waals surface area contributed by atoms with Crippen LogP contribution < -0.4 is 0 Å². The fraction of sp³-hybridized carbons (Fsp3) is 0.346. The fourth-order valence-electron chi connectivity index (χ4n) is 4.07. The second kappa shape index (κ2) is 8.30. The summed E-state index contributed by atoms with van der Waals surface area (Å²) >= 11 is 6.16. The molecule has 3 aromatic rings. The minimum absolute atomic E-state index is 0.00979. The Labute approximate surface area is 178 Å². The lowest BCUT2D eigenvalue weighted by Gasteiger charge is -2.30. The first kappa shape index (κ1) is 21.5. The van der Waals surface area contributed by atoms with Crippen molar-refractivity contribution in [2.75, 3.05) is 0 Å². The average Bonchev–Trinajstić information content (AvgIpc) is 2.65. The van der Waals surface area contributed by atoms with Gasteiger partial charge >= 0.3 is 0 Å². The van der Waals surface area contributed by atoms with E-state index in [1.54, 1.807) is 6.92 Å². The molecular formula is C26H29ClO2. The van der Waals surface area contributed by atoms with Gasteiger partial charge < -0.3 is 4.74 Å². The predicted molar refractivity (Wildman–Crippen MR) is 123 cm³/mol. The largest absolute Gasteiger partial charge is 0.360 e. The summed E-state index contributed by atoms with van der Waals surface area (Å²) in [6.45, 7) is 11.9. The van der Waals surface area contributed by atoms with Crippen molar-refractivity contribution in [1.29, 1.82) is 0 Å². The Balaban J connectivity index is 2.46. The summed E-state index contributed by atoms with van der Waals surface area (Å²) in [5, 5.41) is 3.05. The maximum atomic E-state index is 12.8. The maximum absolute atomic E-state index is 12.8. The number of fused-ring (bicyclic) bond motifs is 1. The van der Waals surface area contributed by atoms with Crippen molar-refractivity contribution in [3.05, 3.63) is 70.2 Å². The molecule has 0 saturated carbocycles. The van der Waals surface area contributed by atoms with Gasteiger partial charge in [0, 0.05) is 5.02 Å². The number of ether oxygens (including phenoxy) is 1. The zero-order chi connectivity index (χ0) is 21.3. The molecule has 0 amide bonds. The van der Waals surface area contributed by atoms with Crippen LogP contribution in [-0.2, 0) is 16.0 Å². The zero-order valence-corrected chi connectivity index (χ0v) is 18.9. The molecule has 0 fully saturated rings. The molecule has 0 aliphatic heterocycles. The van der Waals surface area contributed by atoms with Gasteiger partial charge in [-0.05, 0) is 91.8 Å². The second-order valence-electron chi connectivity index (χ2n) is 8.52. The summed E-state index contributed by atoms with van der Waals surface area (Å²) in [5.41, 5.74) is 4.99. The van der Waals surface area contributed by atoms with Gasteiger partial charge in [-0.25, -0.2) is 0 Å². The first-order chi connectivity index (χ1) is 13.6. The molecule has 0 heterocycles. The topological polar surface area (TPSA) is 26.3 Å². The molecule has 3 rings (SSSR count). The summed E-state index contributed by atoms with van der Waals surface area (Å²) in [5.74, 6) is 0.00979.